The van der Waals surface area contributed by atoms with Crippen LogP contribution in [0.4, 0.5) is 4.39 Å². The van der Waals surface area contributed by atoms with Crippen molar-refractivity contribution in [2.45, 2.75) is 12.5 Å². The molecule has 100 valence electrons. The predicted octanol–water partition coefficient (Wildman–Crippen LogP) is 5.03. The van der Waals surface area contributed by atoms with Gasteiger partial charge in [-0.15, -0.1) is 0 Å². The Morgan fingerprint density at radius 2 is 1.74 bits per heavy atom. The smallest absolute Gasteiger partial charge is 0.142 e. The summed E-state index contributed by atoms with van der Waals surface area (Å²) in [6, 6.07) is 9.46. The van der Waals surface area contributed by atoms with Crippen LogP contribution in [0.15, 0.2) is 36.4 Å². The molecular formula is C14H11Cl3FN. The second-order valence-corrected chi connectivity index (χ2v) is 5.48. The van der Waals surface area contributed by atoms with Gasteiger partial charge in [-0.25, -0.2) is 4.39 Å². The van der Waals surface area contributed by atoms with Crippen molar-refractivity contribution in [3.8, 4) is 0 Å². The summed E-state index contributed by atoms with van der Waals surface area (Å²) in [5.41, 5.74) is 7.63. The topological polar surface area (TPSA) is 26.0 Å². The molecule has 19 heavy (non-hydrogen) atoms. The maximum absolute atomic E-state index is 13.3. The van der Waals surface area contributed by atoms with Crippen molar-refractivity contribution in [2.24, 2.45) is 5.73 Å². The molecule has 0 radical (unpaired) electrons. The quantitative estimate of drug-likeness (QED) is 0.844. The SMILES string of the molecule is NC(Cc1ccc(Cl)c(F)c1)c1ccc(Cl)cc1Cl. The van der Waals surface area contributed by atoms with E-state index in [1.807, 2.05) is 0 Å². The van der Waals surface area contributed by atoms with Crippen molar-refractivity contribution in [1.82, 2.24) is 0 Å². The summed E-state index contributed by atoms with van der Waals surface area (Å²) in [6.07, 6.45) is 0.468. The number of nitrogens with two attached hydrogens (primary N) is 1. The Morgan fingerprint density at radius 3 is 2.37 bits per heavy atom. The fraction of sp³-hybridized carbons (Fsp3) is 0.143. The molecule has 0 saturated carbocycles. The standard InChI is InChI=1S/C14H11Cl3FN/c15-9-2-3-10(12(17)7-9)14(19)6-8-1-4-11(16)13(18)5-8/h1-5,7,14H,6,19H2. The van der Waals surface area contributed by atoms with Crippen LogP contribution in [0.1, 0.15) is 17.2 Å². The second-order valence-electron chi connectivity index (χ2n) is 4.22. The first-order valence-electron chi connectivity index (χ1n) is 5.62. The molecule has 2 rings (SSSR count). The average Bonchev–Trinajstić information content (AvgIpc) is 2.33. The molecule has 2 aromatic carbocycles. The minimum atomic E-state index is -0.450. The van der Waals surface area contributed by atoms with Gasteiger partial charge in [0.1, 0.15) is 5.82 Å². The summed E-state index contributed by atoms with van der Waals surface area (Å²) in [7, 11) is 0. The summed E-state index contributed by atoms with van der Waals surface area (Å²) in [4.78, 5) is 0. The predicted molar refractivity (Wildman–Crippen MR) is 78.5 cm³/mol. The summed E-state index contributed by atoms with van der Waals surface area (Å²) < 4.78 is 13.3. The molecule has 1 atom stereocenters. The van der Waals surface area contributed by atoms with Gasteiger partial charge in [-0.1, -0.05) is 46.9 Å². The van der Waals surface area contributed by atoms with E-state index in [-0.39, 0.29) is 11.1 Å². The average molecular weight is 319 g/mol. The lowest BCUT2D eigenvalue weighted by molar-refractivity contribution is 0.622. The van der Waals surface area contributed by atoms with Gasteiger partial charge in [-0.3, -0.25) is 0 Å². The zero-order valence-electron chi connectivity index (χ0n) is 9.84. The van der Waals surface area contributed by atoms with Crippen LogP contribution in [0.3, 0.4) is 0 Å². The van der Waals surface area contributed by atoms with Gasteiger partial charge in [-0.05, 0) is 41.8 Å². The van der Waals surface area contributed by atoms with Crippen molar-refractivity contribution in [1.29, 1.82) is 0 Å². The zero-order valence-corrected chi connectivity index (χ0v) is 12.1. The van der Waals surface area contributed by atoms with Crippen LogP contribution in [0.2, 0.25) is 15.1 Å². The first-order valence-corrected chi connectivity index (χ1v) is 6.75. The maximum Gasteiger partial charge on any atom is 0.142 e. The molecule has 0 aliphatic heterocycles. The number of hydrogen-bond acceptors (Lipinski definition) is 1. The maximum atomic E-state index is 13.3. The van der Waals surface area contributed by atoms with Crippen LogP contribution < -0.4 is 5.73 Å². The zero-order chi connectivity index (χ0) is 14.0. The van der Waals surface area contributed by atoms with E-state index in [9.17, 15) is 4.39 Å². The van der Waals surface area contributed by atoms with Crippen molar-refractivity contribution < 1.29 is 4.39 Å². The number of benzene rings is 2. The molecule has 0 heterocycles. The monoisotopic (exact) mass is 317 g/mol. The third-order valence-corrected chi connectivity index (χ3v) is 3.67. The Kier molecular flexibility index (Phi) is 4.69. The second kappa shape index (κ2) is 6.10. The van der Waals surface area contributed by atoms with Crippen LogP contribution >= 0.6 is 34.8 Å². The minimum absolute atomic E-state index is 0.0989. The molecule has 0 aliphatic rings. The molecule has 0 aromatic heterocycles. The largest absolute Gasteiger partial charge is 0.324 e. The molecule has 5 heteroatoms. The fourth-order valence-electron chi connectivity index (χ4n) is 1.83. The summed E-state index contributed by atoms with van der Waals surface area (Å²) in [6.45, 7) is 0. The molecule has 0 aliphatic carbocycles. The molecule has 2 N–H and O–H groups in total. The highest BCUT2D eigenvalue weighted by Gasteiger charge is 2.12. The van der Waals surface area contributed by atoms with Crippen molar-refractivity contribution in [2.75, 3.05) is 0 Å². The molecule has 0 spiro atoms. The van der Waals surface area contributed by atoms with Crippen LogP contribution in [0, 0.1) is 5.82 Å². The van der Waals surface area contributed by atoms with Gasteiger partial charge in [0, 0.05) is 16.1 Å². The van der Waals surface area contributed by atoms with Crippen LogP contribution in [0.5, 0.6) is 0 Å². The van der Waals surface area contributed by atoms with E-state index in [2.05, 4.69) is 0 Å². The van der Waals surface area contributed by atoms with Crippen molar-refractivity contribution in [3.05, 3.63) is 68.4 Å². The van der Waals surface area contributed by atoms with E-state index in [4.69, 9.17) is 40.5 Å². The van der Waals surface area contributed by atoms with E-state index in [0.717, 1.165) is 11.1 Å². The summed E-state index contributed by atoms with van der Waals surface area (Å²) in [5, 5.41) is 1.16. The third kappa shape index (κ3) is 3.61. The lowest BCUT2D eigenvalue weighted by Gasteiger charge is -2.14. The first-order chi connectivity index (χ1) is 8.97. The van der Waals surface area contributed by atoms with E-state index in [1.54, 1.807) is 24.3 Å². The lowest BCUT2D eigenvalue weighted by Crippen LogP contribution is -2.14. The van der Waals surface area contributed by atoms with Gasteiger partial charge in [-0.2, -0.15) is 0 Å². The van der Waals surface area contributed by atoms with E-state index >= 15 is 0 Å². The van der Waals surface area contributed by atoms with Crippen LogP contribution in [0.25, 0.3) is 0 Å². The van der Waals surface area contributed by atoms with Crippen molar-refractivity contribution in [3.63, 3.8) is 0 Å². The molecule has 0 bridgehead atoms. The Balaban J connectivity index is 2.20. The normalized spacial score (nSPS) is 12.5. The minimum Gasteiger partial charge on any atom is -0.324 e. The van der Waals surface area contributed by atoms with Gasteiger partial charge in [0.15, 0.2) is 0 Å². The lowest BCUT2D eigenvalue weighted by atomic mass is 9.99. The molecule has 1 nitrogen and oxygen atoms in total. The Bertz CT molecular complexity index is 601. The van der Waals surface area contributed by atoms with Gasteiger partial charge in [0.2, 0.25) is 0 Å². The summed E-state index contributed by atoms with van der Waals surface area (Å²) in [5.74, 6) is -0.450. The Hall–Kier alpha value is -0.800. The van der Waals surface area contributed by atoms with E-state index in [0.29, 0.717) is 16.5 Å². The fourth-order valence-corrected chi connectivity index (χ4v) is 2.50. The summed E-state index contributed by atoms with van der Waals surface area (Å²) >= 11 is 17.6. The van der Waals surface area contributed by atoms with Crippen LogP contribution in [-0.4, -0.2) is 0 Å². The molecule has 0 fully saturated rings. The highest BCUT2D eigenvalue weighted by Crippen LogP contribution is 2.27. The van der Waals surface area contributed by atoms with Crippen molar-refractivity contribution >= 4 is 34.8 Å². The first kappa shape index (κ1) is 14.6. The van der Waals surface area contributed by atoms with Crippen LogP contribution in [-0.2, 0) is 6.42 Å². The molecular weight excluding hydrogens is 308 g/mol. The highest BCUT2D eigenvalue weighted by atomic mass is 35.5. The number of hydrogen-bond donors (Lipinski definition) is 1. The molecule has 0 amide bonds. The van der Waals surface area contributed by atoms with Gasteiger partial charge < -0.3 is 5.73 Å². The molecule has 2 aromatic rings. The third-order valence-electron chi connectivity index (χ3n) is 2.80. The van der Waals surface area contributed by atoms with E-state index < -0.39 is 5.82 Å². The Labute approximate surface area is 126 Å². The number of halogens is 4. The van der Waals surface area contributed by atoms with Gasteiger partial charge in [0.25, 0.3) is 0 Å². The number of rotatable bonds is 3. The van der Waals surface area contributed by atoms with Gasteiger partial charge in [0.05, 0.1) is 5.02 Å². The molecule has 1 unspecified atom stereocenters. The highest BCUT2D eigenvalue weighted by molar-refractivity contribution is 6.35. The Morgan fingerprint density at radius 1 is 1.00 bits per heavy atom. The molecule has 0 saturated heterocycles. The van der Waals surface area contributed by atoms with Gasteiger partial charge >= 0.3 is 0 Å². The van der Waals surface area contributed by atoms with E-state index in [1.165, 1.54) is 12.1 Å².